The number of para-hydroxylation sites is 1. The molecule has 0 aromatic heterocycles. The van der Waals surface area contributed by atoms with Gasteiger partial charge in [0.2, 0.25) is 0 Å². The van der Waals surface area contributed by atoms with Crippen LogP contribution in [0.3, 0.4) is 0 Å². The van der Waals surface area contributed by atoms with E-state index < -0.39 is 9.84 Å². The lowest BCUT2D eigenvalue weighted by atomic mass is 9.87. The Kier molecular flexibility index (Phi) is 3.95. The Morgan fingerprint density at radius 2 is 1.94 bits per heavy atom. The van der Waals surface area contributed by atoms with Gasteiger partial charge >= 0.3 is 0 Å². The van der Waals surface area contributed by atoms with Crippen LogP contribution in [0.2, 0.25) is 0 Å². The highest BCUT2D eigenvalue weighted by atomic mass is 32.2. The molecule has 1 saturated carbocycles. The van der Waals surface area contributed by atoms with Crippen molar-refractivity contribution in [3.05, 3.63) is 24.3 Å². The zero-order valence-corrected chi connectivity index (χ0v) is 11.8. The molecule has 1 aromatic carbocycles. The van der Waals surface area contributed by atoms with Crippen LogP contribution in [-0.4, -0.2) is 20.7 Å². The van der Waals surface area contributed by atoms with Gasteiger partial charge < -0.3 is 5.32 Å². The Morgan fingerprint density at radius 3 is 2.61 bits per heavy atom. The first-order chi connectivity index (χ1) is 8.47. The Bertz CT molecular complexity index is 510. The number of nitrogens with one attached hydrogen (secondary N) is 1. The van der Waals surface area contributed by atoms with Crippen LogP contribution in [0.25, 0.3) is 0 Å². The van der Waals surface area contributed by atoms with E-state index in [4.69, 9.17) is 0 Å². The number of hydrogen-bond acceptors (Lipinski definition) is 3. The van der Waals surface area contributed by atoms with Gasteiger partial charge in [-0.15, -0.1) is 0 Å². The van der Waals surface area contributed by atoms with Crippen LogP contribution in [-0.2, 0) is 9.84 Å². The molecule has 0 bridgehead atoms. The van der Waals surface area contributed by atoms with Gasteiger partial charge in [-0.3, -0.25) is 0 Å². The van der Waals surface area contributed by atoms with Crippen LogP contribution in [0, 0.1) is 5.92 Å². The van der Waals surface area contributed by atoms with Crippen LogP contribution in [0.5, 0.6) is 0 Å². The maximum Gasteiger partial charge on any atom is 0.177 e. The first-order valence-electron chi connectivity index (χ1n) is 6.52. The zero-order chi connectivity index (χ0) is 13.2. The minimum Gasteiger partial charge on any atom is -0.381 e. The van der Waals surface area contributed by atoms with Gasteiger partial charge in [0.15, 0.2) is 9.84 Å². The Morgan fingerprint density at radius 1 is 1.22 bits per heavy atom. The molecule has 2 rings (SSSR count). The van der Waals surface area contributed by atoms with E-state index in [0.29, 0.717) is 10.9 Å². The van der Waals surface area contributed by atoms with Crippen LogP contribution in [0.15, 0.2) is 29.2 Å². The van der Waals surface area contributed by atoms with Gasteiger partial charge in [-0.2, -0.15) is 0 Å². The number of anilines is 1. The highest BCUT2D eigenvalue weighted by Crippen LogP contribution is 2.28. The molecule has 0 amide bonds. The average molecular weight is 267 g/mol. The molecule has 0 heterocycles. The van der Waals surface area contributed by atoms with Gasteiger partial charge in [-0.25, -0.2) is 8.42 Å². The maximum absolute atomic E-state index is 11.7. The fourth-order valence-corrected chi connectivity index (χ4v) is 3.55. The normalized spacial score (nSPS) is 24.8. The predicted molar refractivity (Wildman–Crippen MR) is 74.6 cm³/mol. The van der Waals surface area contributed by atoms with E-state index in [-0.39, 0.29) is 0 Å². The van der Waals surface area contributed by atoms with Crippen molar-refractivity contribution in [3.8, 4) is 0 Å². The quantitative estimate of drug-likeness (QED) is 0.915. The molecule has 4 heteroatoms. The first kappa shape index (κ1) is 13.4. The SMILES string of the molecule is CC1CCCC(Nc2ccccc2S(C)(=O)=O)C1. The van der Waals surface area contributed by atoms with Gasteiger partial charge in [0.05, 0.1) is 10.6 Å². The van der Waals surface area contributed by atoms with Crippen molar-refractivity contribution >= 4 is 15.5 Å². The van der Waals surface area contributed by atoms with Gasteiger partial charge in [0.1, 0.15) is 0 Å². The Balaban J connectivity index is 2.19. The molecule has 0 saturated heterocycles. The van der Waals surface area contributed by atoms with E-state index in [1.165, 1.54) is 19.1 Å². The summed E-state index contributed by atoms with van der Waals surface area (Å²) < 4.78 is 23.4. The van der Waals surface area contributed by atoms with Crippen molar-refractivity contribution in [2.45, 2.75) is 43.5 Å². The summed E-state index contributed by atoms with van der Waals surface area (Å²) in [4.78, 5) is 0.406. The molecule has 1 aliphatic carbocycles. The Labute approximate surface area is 110 Å². The van der Waals surface area contributed by atoms with Gasteiger partial charge in [-0.1, -0.05) is 31.9 Å². The van der Waals surface area contributed by atoms with Crippen LogP contribution >= 0.6 is 0 Å². The zero-order valence-electron chi connectivity index (χ0n) is 11.0. The van der Waals surface area contributed by atoms with Gasteiger partial charge in [0, 0.05) is 12.3 Å². The summed E-state index contributed by atoms with van der Waals surface area (Å²) in [5, 5.41) is 3.41. The molecular formula is C14H21NO2S. The minimum absolute atomic E-state index is 0.400. The van der Waals surface area contributed by atoms with Crippen molar-refractivity contribution in [2.75, 3.05) is 11.6 Å². The van der Waals surface area contributed by atoms with E-state index in [0.717, 1.165) is 24.4 Å². The molecule has 100 valence electrons. The lowest BCUT2D eigenvalue weighted by Gasteiger charge is -2.28. The number of benzene rings is 1. The van der Waals surface area contributed by atoms with E-state index in [2.05, 4.69) is 12.2 Å². The maximum atomic E-state index is 11.7. The fraction of sp³-hybridized carbons (Fsp3) is 0.571. The molecule has 2 atom stereocenters. The fourth-order valence-electron chi connectivity index (χ4n) is 2.69. The summed E-state index contributed by atoms with van der Waals surface area (Å²) in [7, 11) is -3.16. The van der Waals surface area contributed by atoms with Crippen LogP contribution in [0.1, 0.15) is 32.6 Å². The molecule has 1 aromatic rings. The largest absolute Gasteiger partial charge is 0.381 e. The highest BCUT2D eigenvalue weighted by molar-refractivity contribution is 7.90. The van der Waals surface area contributed by atoms with Crippen molar-refractivity contribution in [1.29, 1.82) is 0 Å². The molecular weight excluding hydrogens is 246 g/mol. The molecule has 1 N–H and O–H groups in total. The second-order valence-electron chi connectivity index (χ2n) is 5.38. The van der Waals surface area contributed by atoms with Crippen molar-refractivity contribution in [1.82, 2.24) is 0 Å². The minimum atomic E-state index is -3.16. The highest BCUT2D eigenvalue weighted by Gasteiger charge is 2.20. The summed E-state index contributed by atoms with van der Waals surface area (Å²) >= 11 is 0. The first-order valence-corrected chi connectivity index (χ1v) is 8.41. The lowest BCUT2D eigenvalue weighted by Crippen LogP contribution is -2.26. The summed E-state index contributed by atoms with van der Waals surface area (Å²) in [6.45, 7) is 2.26. The summed E-state index contributed by atoms with van der Waals surface area (Å²) in [5.41, 5.74) is 0.749. The molecule has 0 aliphatic heterocycles. The molecule has 3 nitrogen and oxygen atoms in total. The van der Waals surface area contributed by atoms with E-state index >= 15 is 0 Å². The summed E-state index contributed by atoms with van der Waals surface area (Å²) in [5.74, 6) is 0.724. The second-order valence-corrected chi connectivity index (χ2v) is 7.37. The van der Waals surface area contributed by atoms with Crippen molar-refractivity contribution in [3.63, 3.8) is 0 Å². The van der Waals surface area contributed by atoms with Crippen molar-refractivity contribution < 1.29 is 8.42 Å². The molecule has 18 heavy (non-hydrogen) atoms. The van der Waals surface area contributed by atoms with Crippen LogP contribution in [0.4, 0.5) is 5.69 Å². The Hall–Kier alpha value is -1.03. The predicted octanol–water partition coefficient (Wildman–Crippen LogP) is 3.08. The second kappa shape index (κ2) is 5.31. The smallest absolute Gasteiger partial charge is 0.177 e. The van der Waals surface area contributed by atoms with E-state index in [9.17, 15) is 8.42 Å². The summed E-state index contributed by atoms with van der Waals surface area (Å²) in [6.07, 6.45) is 6.02. The molecule has 1 fully saturated rings. The third kappa shape index (κ3) is 3.25. The molecule has 0 radical (unpaired) electrons. The van der Waals surface area contributed by atoms with Gasteiger partial charge in [0.25, 0.3) is 0 Å². The standard InChI is InChI=1S/C14H21NO2S/c1-11-6-5-7-12(10-11)15-13-8-3-4-9-14(13)18(2,16)17/h3-4,8-9,11-12,15H,5-7,10H2,1-2H3. The topological polar surface area (TPSA) is 46.2 Å². The molecule has 1 aliphatic rings. The molecule has 0 spiro atoms. The van der Waals surface area contributed by atoms with Crippen LogP contribution < -0.4 is 5.32 Å². The van der Waals surface area contributed by atoms with Gasteiger partial charge in [-0.05, 0) is 30.9 Å². The number of rotatable bonds is 3. The lowest BCUT2D eigenvalue weighted by molar-refractivity contribution is 0.358. The molecule has 2 unspecified atom stereocenters. The number of hydrogen-bond donors (Lipinski definition) is 1. The average Bonchev–Trinajstić information content (AvgIpc) is 2.28. The third-order valence-corrected chi connectivity index (χ3v) is 4.74. The monoisotopic (exact) mass is 267 g/mol. The van der Waals surface area contributed by atoms with E-state index in [1.807, 2.05) is 12.1 Å². The van der Waals surface area contributed by atoms with Crippen molar-refractivity contribution in [2.24, 2.45) is 5.92 Å². The third-order valence-electron chi connectivity index (χ3n) is 3.58. The summed E-state index contributed by atoms with van der Waals surface area (Å²) in [6, 6.07) is 7.57. The van der Waals surface area contributed by atoms with E-state index in [1.54, 1.807) is 12.1 Å². The number of sulfone groups is 1.